The van der Waals surface area contributed by atoms with Gasteiger partial charge in [0.15, 0.2) is 0 Å². The smallest absolute Gasteiger partial charge is 0.387 e. The number of carbonyl (C=O) groups is 1. The molecule has 0 radical (unpaired) electrons. The number of anilines is 1. The SMILES string of the molecule is O=C(Nc1cccc(OC(F)F)c1)c1cc(Br)ccc1Br. The van der Waals surface area contributed by atoms with Crippen molar-refractivity contribution in [3.63, 3.8) is 0 Å². The van der Waals surface area contributed by atoms with Gasteiger partial charge in [-0.2, -0.15) is 8.78 Å². The molecule has 0 heterocycles. The van der Waals surface area contributed by atoms with Crippen molar-refractivity contribution in [3.05, 3.63) is 57.0 Å². The number of nitrogens with one attached hydrogen (secondary N) is 1. The van der Waals surface area contributed by atoms with Crippen LogP contribution in [0.3, 0.4) is 0 Å². The minimum atomic E-state index is -2.91. The van der Waals surface area contributed by atoms with Crippen LogP contribution >= 0.6 is 31.9 Å². The van der Waals surface area contributed by atoms with E-state index in [1.54, 1.807) is 24.3 Å². The van der Waals surface area contributed by atoms with E-state index in [1.807, 2.05) is 0 Å². The first kappa shape index (κ1) is 15.9. The van der Waals surface area contributed by atoms with Gasteiger partial charge in [0.2, 0.25) is 0 Å². The molecule has 21 heavy (non-hydrogen) atoms. The van der Waals surface area contributed by atoms with Gasteiger partial charge in [-0.3, -0.25) is 4.79 Å². The third kappa shape index (κ3) is 4.50. The molecule has 2 rings (SSSR count). The van der Waals surface area contributed by atoms with Crippen LogP contribution in [-0.2, 0) is 0 Å². The number of hydrogen-bond acceptors (Lipinski definition) is 2. The minimum absolute atomic E-state index is 0.0175. The molecule has 0 unspecified atom stereocenters. The van der Waals surface area contributed by atoms with E-state index >= 15 is 0 Å². The Labute approximate surface area is 136 Å². The Morgan fingerprint density at radius 2 is 1.90 bits per heavy atom. The van der Waals surface area contributed by atoms with Gasteiger partial charge in [0.05, 0.1) is 5.56 Å². The quantitative estimate of drug-likeness (QED) is 0.750. The number of alkyl halides is 2. The van der Waals surface area contributed by atoms with Crippen molar-refractivity contribution in [1.29, 1.82) is 0 Å². The van der Waals surface area contributed by atoms with Gasteiger partial charge in [-0.15, -0.1) is 0 Å². The Bertz CT molecular complexity index is 665. The molecule has 0 aliphatic rings. The van der Waals surface area contributed by atoms with Crippen LogP contribution in [0.4, 0.5) is 14.5 Å². The van der Waals surface area contributed by atoms with Crippen molar-refractivity contribution in [2.45, 2.75) is 6.61 Å². The number of amides is 1. The highest BCUT2D eigenvalue weighted by molar-refractivity contribution is 9.11. The van der Waals surface area contributed by atoms with E-state index < -0.39 is 6.61 Å². The number of halogens is 4. The predicted molar refractivity (Wildman–Crippen MR) is 82.9 cm³/mol. The van der Waals surface area contributed by atoms with Crippen molar-refractivity contribution in [1.82, 2.24) is 0 Å². The molecule has 2 aromatic rings. The molecule has 0 fully saturated rings. The molecule has 2 aromatic carbocycles. The van der Waals surface area contributed by atoms with Crippen molar-refractivity contribution in [2.75, 3.05) is 5.32 Å². The minimum Gasteiger partial charge on any atom is -0.435 e. The molecule has 0 atom stereocenters. The third-order valence-electron chi connectivity index (χ3n) is 2.49. The monoisotopic (exact) mass is 419 g/mol. The van der Waals surface area contributed by atoms with Gasteiger partial charge in [0.25, 0.3) is 5.91 Å². The largest absolute Gasteiger partial charge is 0.435 e. The number of hydrogen-bond donors (Lipinski definition) is 1. The van der Waals surface area contributed by atoms with Crippen molar-refractivity contribution in [3.8, 4) is 5.75 Å². The van der Waals surface area contributed by atoms with E-state index in [-0.39, 0.29) is 11.7 Å². The lowest BCUT2D eigenvalue weighted by atomic mass is 10.2. The van der Waals surface area contributed by atoms with Crippen LogP contribution < -0.4 is 10.1 Å². The average molecular weight is 421 g/mol. The molecule has 0 saturated heterocycles. The van der Waals surface area contributed by atoms with Crippen LogP contribution in [-0.4, -0.2) is 12.5 Å². The molecule has 0 bridgehead atoms. The molecule has 3 nitrogen and oxygen atoms in total. The molecule has 0 aliphatic heterocycles. The summed E-state index contributed by atoms with van der Waals surface area (Å²) in [6, 6.07) is 11.0. The standard InChI is InChI=1S/C14H9Br2F2NO2/c15-8-4-5-12(16)11(6-8)13(20)19-9-2-1-3-10(7-9)21-14(17)18/h1-7,14H,(H,19,20). The topological polar surface area (TPSA) is 38.3 Å². The van der Waals surface area contributed by atoms with Gasteiger partial charge in [-0.05, 0) is 46.3 Å². The molecule has 1 N–H and O–H groups in total. The van der Waals surface area contributed by atoms with Gasteiger partial charge in [0.1, 0.15) is 5.75 Å². The molecule has 0 saturated carbocycles. The van der Waals surface area contributed by atoms with Crippen molar-refractivity contribution in [2.24, 2.45) is 0 Å². The maximum atomic E-state index is 12.2. The first-order valence-corrected chi connectivity index (χ1v) is 7.35. The van der Waals surface area contributed by atoms with E-state index in [9.17, 15) is 13.6 Å². The van der Waals surface area contributed by atoms with E-state index in [4.69, 9.17) is 0 Å². The zero-order valence-corrected chi connectivity index (χ0v) is 13.6. The second-order valence-electron chi connectivity index (χ2n) is 3.98. The zero-order valence-electron chi connectivity index (χ0n) is 10.4. The maximum absolute atomic E-state index is 12.2. The zero-order chi connectivity index (χ0) is 15.4. The van der Waals surface area contributed by atoms with Crippen molar-refractivity contribution >= 4 is 43.5 Å². The summed E-state index contributed by atoms with van der Waals surface area (Å²) in [6.07, 6.45) is 0. The Morgan fingerprint density at radius 3 is 2.62 bits per heavy atom. The van der Waals surface area contributed by atoms with E-state index in [1.165, 1.54) is 18.2 Å². The predicted octanol–water partition coefficient (Wildman–Crippen LogP) is 5.07. The lowest BCUT2D eigenvalue weighted by Gasteiger charge is -2.09. The summed E-state index contributed by atoms with van der Waals surface area (Å²) >= 11 is 6.57. The summed E-state index contributed by atoms with van der Waals surface area (Å²) < 4.78 is 30.0. The van der Waals surface area contributed by atoms with Gasteiger partial charge < -0.3 is 10.1 Å². The van der Waals surface area contributed by atoms with Crippen LogP contribution in [0.15, 0.2) is 51.4 Å². The Kier molecular flexibility index (Phi) is 5.30. The summed E-state index contributed by atoms with van der Waals surface area (Å²) in [6.45, 7) is -2.91. The van der Waals surface area contributed by atoms with Gasteiger partial charge in [-0.1, -0.05) is 22.0 Å². The van der Waals surface area contributed by atoms with Gasteiger partial charge in [-0.25, -0.2) is 0 Å². The fourth-order valence-electron chi connectivity index (χ4n) is 1.62. The van der Waals surface area contributed by atoms with Gasteiger partial charge >= 0.3 is 6.61 Å². The van der Waals surface area contributed by atoms with Gasteiger partial charge in [0, 0.05) is 20.7 Å². The van der Waals surface area contributed by atoms with Crippen LogP contribution in [0.2, 0.25) is 0 Å². The third-order valence-corrected chi connectivity index (χ3v) is 3.67. The van der Waals surface area contributed by atoms with E-state index in [0.29, 0.717) is 15.7 Å². The first-order chi connectivity index (χ1) is 9.95. The molecule has 110 valence electrons. The van der Waals surface area contributed by atoms with Crippen LogP contribution in [0, 0.1) is 0 Å². The molecule has 0 spiro atoms. The van der Waals surface area contributed by atoms with Crippen molar-refractivity contribution < 1.29 is 18.3 Å². The summed E-state index contributed by atoms with van der Waals surface area (Å²) in [5, 5.41) is 2.63. The summed E-state index contributed by atoms with van der Waals surface area (Å²) in [5.74, 6) is -0.381. The Hall–Kier alpha value is -1.47. The highest BCUT2D eigenvalue weighted by Crippen LogP contribution is 2.24. The highest BCUT2D eigenvalue weighted by Gasteiger charge is 2.12. The lowest BCUT2D eigenvalue weighted by molar-refractivity contribution is -0.0497. The Balaban J connectivity index is 2.17. The molecule has 0 aromatic heterocycles. The number of rotatable bonds is 4. The number of ether oxygens (including phenoxy) is 1. The van der Waals surface area contributed by atoms with Crippen LogP contribution in [0.25, 0.3) is 0 Å². The fraction of sp³-hybridized carbons (Fsp3) is 0.0714. The molecular weight excluding hydrogens is 412 g/mol. The summed E-state index contributed by atoms with van der Waals surface area (Å²) in [5.41, 5.74) is 0.787. The van der Waals surface area contributed by atoms with E-state index in [0.717, 1.165) is 4.47 Å². The summed E-state index contributed by atoms with van der Waals surface area (Å²) in [7, 11) is 0. The number of carbonyl (C=O) groups excluding carboxylic acids is 1. The normalized spacial score (nSPS) is 10.5. The van der Waals surface area contributed by atoms with Crippen LogP contribution in [0.5, 0.6) is 5.75 Å². The fourth-order valence-corrected chi connectivity index (χ4v) is 2.41. The highest BCUT2D eigenvalue weighted by atomic mass is 79.9. The molecule has 7 heteroatoms. The second-order valence-corrected chi connectivity index (χ2v) is 5.75. The molecule has 1 amide bonds. The lowest BCUT2D eigenvalue weighted by Crippen LogP contribution is -2.12. The van der Waals surface area contributed by atoms with Crippen LogP contribution in [0.1, 0.15) is 10.4 Å². The molecule has 0 aliphatic carbocycles. The second kappa shape index (κ2) is 7.00. The summed E-state index contributed by atoms with van der Waals surface area (Å²) in [4.78, 5) is 12.2. The number of benzene rings is 2. The molecular formula is C14H9Br2F2NO2. The average Bonchev–Trinajstić information content (AvgIpc) is 2.41. The first-order valence-electron chi connectivity index (χ1n) is 5.77. The Morgan fingerprint density at radius 1 is 1.14 bits per heavy atom. The van der Waals surface area contributed by atoms with E-state index in [2.05, 4.69) is 41.9 Å². The maximum Gasteiger partial charge on any atom is 0.387 e.